The van der Waals surface area contributed by atoms with Crippen molar-refractivity contribution in [3.63, 3.8) is 0 Å². The number of hydrogen-bond donors (Lipinski definition) is 3. The molecule has 5 nitrogen and oxygen atoms in total. The fourth-order valence-corrected chi connectivity index (χ4v) is 1.44. The molecule has 0 atom stereocenters. The molecule has 0 radical (unpaired) electrons. The molecule has 90 valence electrons. The van der Waals surface area contributed by atoms with Crippen LogP contribution in [0.5, 0.6) is 0 Å². The molecule has 7 heteroatoms. The first-order chi connectivity index (χ1) is 7.70. The summed E-state index contributed by atoms with van der Waals surface area (Å²) in [6.45, 7) is 0. The van der Waals surface area contributed by atoms with Gasteiger partial charge in [-0.2, -0.15) is 0 Å². The van der Waals surface area contributed by atoms with Crippen molar-refractivity contribution in [2.45, 2.75) is 0 Å². The topological polar surface area (TPSA) is 83.3 Å². The Kier molecular flexibility index (Phi) is 4.37. The van der Waals surface area contributed by atoms with E-state index in [1.807, 2.05) is 24.3 Å². The van der Waals surface area contributed by atoms with Crippen LogP contribution in [0.25, 0.3) is 10.9 Å². The maximum atomic E-state index is 11.6. The Bertz CT molecular complexity index is 531. The minimum atomic E-state index is -0.377. The van der Waals surface area contributed by atoms with E-state index < -0.39 is 0 Å². The van der Waals surface area contributed by atoms with Crippen LogP contribution in [0.2, 0.25) is 0 Å². The van der Waals surface area contributed by atoms with Gasteiger partial charge in [-0.05, 0) is 12.1 Å². The standard InChI is InChI=1S/C10H9ClN4O.ClH/c11-15-10(12)14-9(16)8-5-6-3-1-2-4-7(6)13-8;/h1-5,13H,(H3,12,14,15,16);1H. The van der Waals surface area contributed by atoms with Gasteiger partial charge in [0.2, 0.25) is 5.96 Å². The van der Waals surface area contributed by atoms with Crippen LogP contribution in [0.1, 0.15) is 10.5 Å². The Morgan fingerprint density at radius 3 is 2.76 bits per heavy atom. The van der Waals surface area contributed by atoms with Crippen LogP contribution < -0.4 is 11.1 Å². The molecule has 0 unspecified atom stereocenters. The number of carbonyl (C=O) groups excluding carboxylic acids is 1. The quantitative estimate of drug-likeness (QED) is 0.546. The van der Waals surface area contributed by atoms with Gasteiger partial charge in [0.05, 0.1) is 0 Å². The number of fused-ring (bicyclic) bond motifs is 1. The van der Waals surface area contributed by atoms with E-state index in [2.05, 4.69) is 14.8 Å². The van der Waals surface area contributed by atoms with Gasteiger partial charge in [0.1, 0.15) is 5.69 Å². The lowest BCUT2D eigenvalue weighted by Crippen LogP contribution is -2.36. The number of benzene rings is 1. The maximum Gasteiger partial charge on any atom is 0.274 e. The molecule has 0 saturated carbocycles. The fourth-order valence-electron chi connectivity index (χ4n) is 1.40. The summed E-state index contributed by atoms with van der Waals surface area (Å²) in [6.07, 6.45) is 0. The number of carbonyl (C=O) groups is 1. The summed E-state index contributed by atoms with van der Waals surface area (Å²) < 4.78 is 3.13. The van der Waals surface area contributed by atoms with Gasteiger partial charge >= 0.3 is 0 Å². The molecule has 1 aromatic carbocycles. The molecule has 0 aliphatic carbocycles. The van der Waals surface area contributed by atoms with Gasteiger partial charge in [-0.1, -0.05) is 18.2 Å². The number of nitrogens with zero attached hydrogens (tertiary/aromatic N) is 1. The first-order valence-electron chi connectivity index (χ1n) is 4.54. The summed E-state index contributed by atoms with van der Waals surface area (Å²) in [5.74, 6) is -0.511. The van der Waals surface area contributed by atoms with Crippen LogP contribution in [-0.2, 0) is 0 Å². The minimum Gasteiger partial charge on any atom is -0.369 e. The van der Waals surface area contributed by atoms with E-state index >= 15 is 0 Å². The van der Waals surface area contributed by atoms with Crippen molar-refractivity contribution in [2.75, 3.05) is 0 Å². The number of amides is 1. The number of halogens is 2. The Morgan fingerprint density at radius 2 is 2.12 bits per heavy atom. The molecular formula is C10H10Cl2N4O. The number of para-hydroxylation sites is 1. The highest BCUT2D eigenvalue weighted by molar-refractivity contribution is 6.21. The van der Waals surface area contributed by atoms with Gasteiger partial charge in [0.15, 0.2) is 0 Å². The summed E-state index contributed by atoms with van der Waals surface area (Å²) >= 11 is 5.10. The van der Waals surface area contributed by atoms with Gasteiger partial charge in [0, 0.05) is 22.7 Å². The van der Waals surface area contributed by atoms with Crippen LogP contribution in [0.15, 0.2) is 34.8 Å². The maximum absolute atomic E-state index is 11.6. The van der Waals surface area contributed by atoms with Gasteiger partial charge < -0.3 is 10.7 Å². The van der Waals surface area contributed by atoms with Crippen LogP contribution in [-0.4, -0.2) is 16.9 Å². The fraction of sp³-hybridized carbons (Fsp3) is 0. The highest BCUT2D eigenvalue weighted by Crippen LogP contribution is 2.14. The molecular weight excluding hydrogens is 263 g/mol. The summed E-state index contributed by atoms with van der Waals surface area (Å²) in [4.78, 5) is 14.6. The molecule has 17 heavy (non-hydrogen) atoms. The van der Waals surface area contributed by atoms with E-state index in [4.69, 9.17) is 17.5 Å². The van der Waals surface area contributed by atoms with Gasteiger partial charge in [0.25, 0.3) is 5.91 Å². The molecule has 1 amide bonds. The van der Waals surface area contributed by atoms with Gasteiger partial charge in [-0.3, -0.25) is 10.1 Å². The van der Waals surface area contributed by atoms with E-state index in [0.717, 1.165) is 10.9 Å². The van der Waals surface area contributed by atoms with Crippen LogP contribution >= 0.6 is 24.2 Å². The van der Waals surface area contributed by atoms with Crippen molar-refractivity contribution in [3.8, 4) is 0 Å². The second-order valence-corrected chi connectivity index (χ2v) is 3.36. The first kappa shape index (κ1) is 13.3. The first-order valence-corrected chi connectivity index (χ1v) is 4.88. The SMILES string of the molecule is Cl.N/C(=N\Cl)NC(=O)c1cc2ccccc2[nH]1. The Morgan fingerprint density at radius 1 is 1.41 bits per heavy atom. The van der Waals surface area contributed by atoms with E-state index in [9.17, 15) is 4.79 Å². The molecule has 0 spiro atoms. The second-order valence-electron chi connectivity index (χ2n) is 3.19. The number of aromatic nitrogens is 1. The second kappa shape index (κ2) is 5.56. The number of nitrogens with one attached hydrogen (secondary N) is 2. The van der Waals surface area contributed by atoms with Crippen molar-refractivity contribution in [3.05, 3.63) is 36.0 Å². The monoisotopic (exact) mass is 272 g/mol. The summed E-state index contributed by atoms with van der Waals surface area (Å²) in [5, 5.41) is 3.29. The normalized spacial score (nSPS) is 11.0. The van der Waals surface area contributed by atoms with Gasteiger partial charge in [-0.15, -0.1) is 16.9 Å². The molecule has 0 fully saturated rings. The molecule has 0 saturated heterocycles. The zero-order valence-corrected chi connectivity index (χ0v) is 10.2. The Labute approximate surface area is 109 Å². The van der Waals surface area contributed by atoms with Gasteiger partial charge in [-0.25, -0.2) is 0 Å². The average molecular weight is 273 g/mol. The molecule has 2 rings (SSSR count). The minimum absolute atomic E-state index is 0. The highest BCUT2D eigenvalue weighted by atomic mass is 35.5. The number of nitrogens with two attached hydrogens (primary N) is 1. The summed E-state index contributed by atoms with van der Waals surface area (Å²) in [5.41, 5.74) is 6.57. The predicted molar refractivity (Wildman–Crippen MR) is 70.5 cm³/mol. The van der Waals surface area contributed by atoms with Crippen molar-refractivity contribution >= 4 is 47.0 Å². The van der Waals surface area contributed by atoms with Crippen molar-refractivity contribution in [2.24, 2.45) is 10.2 Å². The molecule has 0 aliphatic rings. The Hall–Kier alpha value is -1.72. The van der Waals surface area contributed by atoms with Crippen molar-refractivity contribution in [1.82, 2.24) is 10.3 Å². The number of rotatable bonds is 1. The largest absolute Gasteiger partial charge is 0.369 e. The summed E-state index contributed by atoms with van der Waals surface area (Å²) in [6, 6.07) is 9.29. The van der Waals surface area contributed by atoms with E-state index in [0.29, 0.717) is 5.69 Å². The lowest BCUT2D eigenvalue weighted by atomic mass is 10.2. The zero-order valence-electron chi connectivity index (χ0n) is 8.61. The molecule has 1 heterocycles. The zero-order chi connectivity index (χ0) is 11.5. The third-order valence-electron chi connectivity index (χ3n) is 2.11. The summed E-state index contributed by atoms with van der Waals surface area (Å²) in [7, 11) is 0. The van der Waals surface area contributed by atoms with Crippen molar-refractivity contribution < 1.29 is 4.79 Å². The smallest absolute Gasteiger partial charge is 0.274 e. The highest BCUT2D eigenvalue weighted by Gasteiger charge is 2.09. The number of aromatic amines is 1. The lowest BCUT2D eigenvalue weighted by molar-refractivity contribution is 0.0972. The molecule has 0 aliphatic heterocycles. The molecule has 0 bridgehead atoms. The third-order valence-corrected chi connectivity index (χ3v) is 2.29. The Balaban J connectivity index is 0.00000144. The molecule has 1 aromatic heterocycles. The molecule has 4 N–H and O–H groups in total. The van der Waals surface area contributed by atoms with Crippen LogP contribution in [0.4, 0.5) is 0 Å². The number of guanidine groups is 1. The van der Waals surface area contributed by atoms with Crippen LogP contribution in [0.3, 0.4) is 0 Å². The number of H-pyrrole nitrogens is 1. The van der Waals surface area contributed by atoms with E-state index in [-0.39, 0.29) is 24.3 Å². The molecule has 2 aromatic rings. The number of hydrogen-bond acceptors (Lipinski definition) is 2. The lowest BCUT2D eigenvalue weighted by Gasteiger charge is -1.99. The van der Waals surface area contributed by atoms with Crippen LogP contribution in [0, 0.1) is 0 Å². The van der Waals surface area contributed by atoms with E-state index in [1.54, 1.807) is 6.07 Å². The average Bonchev–Trinajstić information content (AvgIpc) is 2.72. The van der Waals surface area contributed by atoms with E-state index in [1.165, 1.54) is 0 Å². The predicted octanol–water partition coefficient (Wildman–Crippen LogP) is 1.79. The van der Waals surface area contributed by atoms with Crippen molar-refractivity contribution in [1.29, 1.82) is 0 Å². The third kappa shape index (κ3) is 2.89.